The Kier molecular flexibility index (Phi) is 8.06. The fraction of sp³-hybridized carbons (Fsp3) is 0.630. The minimum Gasteiger partial charge on any atom is -0.127 e. The summed E-state index contributed by atoms with van der Waals surface area (Å²) >= 11 is 0. The molecule has 0 radical (unpaired) electrons. The second kappa shape index (κ2) is 9.72. The van der Waals surface area contributed by atoms with Gasteiger partial charge in [-0.3, -0.25) is 0 Å². The van der Waals surface area contributed by atoms with Crippen LogP contribution in [0.2, 0.25) is 36.3 Å². The van der Waals surface area contributed by atoms with Gasteiger partial charge in [-0.25, -0.2) is 0 Å². The summed E-state index contributed by atoms with van der Waals surface area (Å²) in [5, 5.41) is 0. The van der Waals surface area contributed by atoms with Crippen molar-refractivity contribution in [1.82, 2.24) is 0 Å². The fourth-order valence-electron chi connectivity index (χ4n) is 5.21. The average molecular weight is 423 g/mol. The van der Waals surface area contributed by atoms with Crippen LogP contribution < -0.4 is 0 Å². The zero-order chi connectivity index (χ0) is 21.8. The smallest absolute Gasteiger partial charge is 0.127 e. The van der Waals surface area contributed by atoms with E-state index in [1.165, 1.54) is 30.4 Å². The summed E-state index contributed by atoms with van der Waals surface area (Å²) in [6.45, 7) is 21.4. The maximum Gasteiger partial charge on any atom is 0.146 e. The fourth-order valence-corrected chi connectivity index (χ4v) is 10.9. The second-order valence-electron chi connectivity index (χ2n) is 10.9. The Morgan fingerprint density at radius 3 is 1.52 bits per heavy atom. The summed E-state index contributed by atoms with van der Waals surface area (Å²) in [7, 11) is -3.18. The number of hydrogen-bond acceptors (Lipinski definition) is 0. The first-order valence-corrected chi connectivity index (χ1v) is 17.4. The summed E-state index contributed by atoms with van der Waals surface area (Å²) in [5.74, 6) is 8.41. The molecule has 2 rings (SSSR count). The Bertz CT molecular complexity index is 770. The van der Waals surface area contributed by atoms with E-state index in [9.17, 15) is 0 Å². The normalized spacial score (nSPS) is 24.4. The Morgan fingerprint density at radius 1 is 0.724 bits per heavy atom. The van der Waals surface area contributed by atoms with Crippen LogP contribution in [-0.2, 0) is 0 Å². The Balaban J connectivity index is 2.73. The van der Waals surface area contributed by atoms with Crippen LogP contribution in [0.4, 0.5) is 0 Å². The van der Waals surface area contributed by atoms with Crippen LogP contribution in [0.25, 0.3) is 0 Å². The van der Waals surface area contributed by atoms with Gasteiger partial charge in [-0.1, -0.05) is 104 Å². The standard InChI is InChI=1S/C27H42Si2/c1-21(2)29(22(3)4,23(5)6)20-18-27-25-14-11-10-13-24(15-12-16-25)26(27)17-19-28(7,8)9/h10-11,13-14,21-25H,12,15-16H2,1-9H3/b13-10-,14-11-. The van der Waals surface area contributed by atoms with E-state index >= 15 is 0 Å². The van der Waals surface area contributed by atoms with Gasteiger partial charge in [0.2, 0.25) is 0 Å². The summed E-state index contributed by atoms with van der Waals surface area (Å²) in [6, 6.07) is 0. The molecule has 0 aromatic rings. The molecule has 0 fully saturated rings. The highest BCUT2D eigenvalue weighted by Gasteiger charge is 2.42. The molecule has 2 unspecified atom stereocenters. The molecule has 0 aromatic carbocycles. The predicted octanol–water partition coefficient (Wildman–Crippen LogP) is 7.93. The molecule has 2 atom stereocenters. The lowest BCUT2D eigenvalue weighted by atomic mass is 9.87. The first kappa shape index (κ1) is 24.0. The first-order valence-electron chi connectivity index (χ1n) is 11.6. The summed E-state index contributed by atoms with van der Waals surface area (Å²) < 4.78 is 0. The van der Waals surface area contributed by atoms with E-state index in [1.54, 1.807) is 0 Å². The van der Waals surface area contributed by atoms with Crippen LogP contribution in [0, 0.1) is 34.8 Å². The highest BCUT2D eigenvalue weighted by Crippen LogP contribution is 2.41. The third-order valence-corrected chi connectivity index (χ3v) is 13.9. The summed E-state index contributed by atoms with van der Waals surface area (Å²) in [5.41, 5.74) is 12.3. The van der Waals surface area contributed by atoms with Crippen LogP contribution in [0.15, 0.2) is 35.5 Å². The molecule has 0 amide bonds. The molecular formula is C27H42Si2. The number of rotatable bonds is 3. The maximum atomic E-state index is 4.01. The molecule has 0 saturated heterocycles. The Morgan fingerprint density at radius 2 is 1.14 bits per heavy atom. The van der Waals surface area contributed by atoms with Gasteiger partial charge < -0.3 is 0 Å². The highest BCUT2D eigenvalue weighted by atomic mass is 28.3. The van der Waals surface area contributed by atoms with Gasteiger partial charge in [0.25, 0.3) is 0 Å². The topological polar surface area (TPSA) is 0 Å². The van der Waals surface area contributed by atoms with Crippen molar-refractivity contribution < 1.29 is 0 Å². The zero-order valence-electron chi connectivity index (χ0n) is 20.3. The molecule has 158 valence electrons. The Hall–Kier alpha value is -1.23. The molecular weight excluding hydrogens is 380 g/mol. The van der Waals surface area contributed by atoms with Crippen LogP contribution in [0.5, 0.6) is 0 Å². The van der Waals surface area contributed by atoms with Gasteiger partial charge in [0.15, 0.2) is 0 Å². The lowest BCUT2D eigenvalue weighted by Gasteiger charge is -2.38. The van der Waals surface area contributed by atoms with Gasteiger partial charge in [-0.2, -0.15) is 0 Å². The number of fused-ring (bicyclic) bond motifs is 2. The number of allylic oxidation sites excluding steroid dienone is 6. The third kappa shape index (κ3) is 5.68. The van der Waals surface area contributed by atoms with E-state index in [0.717, 1.165) is 0 Å². The zero-order valence-corrected chi connectivity index (χ0v) is 22.3. The predicted molar refractivity (Wildman–Crippen MR) is 136 cm³/mol. The van der Waals surface area contributed by atoms with E-state index in [-0.39, 0.29) is 0 Å². The van der Waals surface area contributed by atoms with E-state index in [1.807, 2.05) is 0 Å². The van der Waals surface area contributed by atoms with E-state index < -0.39 is 16.1 Å². The maximum absolute atomic E-state index is 4.01. The van der Waals surface area contributed by atoms with Gasteiger partial charge in [0.1, 0.15) is 16.1 Å². The second-order valence-corrected chi connectivity index (χ2v) is 21.2. The van der Waals surface area contributed by atoms with Crippen molar-refractivity contribution >= 4 is 16.1 Å². The van der Waals surface area contributed by atoms with E-state index in [2.05, 4.69) is 108 Å². The van der Waals surface area contributed by atoms with Crippen molar-refractivity contribution in [3.63, 3.8) is 0 Å². The van der Waals surface area contributed by atoms with Crippen LogP contribution in [0.1, 0.15) is 60.8 Å². The largest absolute Gasteiger partial charge is 0.146 e. The molecule has 0 heterocycles. The van der Waals surface area contributed by atoms with E-state index in [0.29, 0.717) is 28.5 Å². The van der Waals surface area contributed by atoms with Crippen LogP contribution in [-0.4, -0.2) is 16.1 Å². The molecule has 2 aliphatic carbocycles. The molecule has 0 nitrogen and oxygen atoms in total. The lowest BCUT2D eigenvalue weighted by molar-refractivity contribution is 0.600. The van der Waals surface area contributed by atoms with Gasteiger partial charge >= 0.3 is 0 Å². The minimum absolute atomic E-state index is 0.432. The van der Waals surface area contributed by atoms with Crippen molar-refractivity contribution in [2.24, 2.45) is 11.8 Å². The minimum atomic E-state index is -1.75. The summed E-state index contributed by atoms with van der Waals surface area (Å²) in [4.78, 5) is 0. The van der Waals surface area contributed by atoms with Crippen LogP contribution >= 0.6 is 0 Å². The lowest BCUT2D eigenvalue weighted by Crippen LogP contribution is -2.43. The molecule has 0 aromatic heterocycles. The highest BCUT2D eigenvalue weighted by molar-refractivity contribution is 6.90. The monoisotopic (exact) mass is 422 g/mol. The van der Waals surface area contributed by atoms with Crippen molar-refractivity contribution in [3.05, 3.63) is 35.5 Å². The van der Waals surface area contributed by atoms with E-state index in [4.69, 9.17) is 0 Å². The molecule has 0 N–H and O–H groups in total. The quantitative estimate of drug-likeness (QED) is 0.320. The molecule has 2 heteroatoms. The molecule has 2 bridgehead atoms. The number of hydrogen-bond donors (Lipinski definition) is 0. The SMILES string of the molecule is CC(C)[Si](C#CC1=C(C#C[Si](C)(C)C)C2/C=C\C=C/C1CCC2)(C(C)C)C(C)C. The van der Waals surface area contributed by atoms with Crippen molar-refractivity contribution in [1.29, 1.82) is 0 Å². The molecule has 2 aliphatic rings. The van der Waals surface area contributed by atoms with Crippen molar-refractivity contribution in [3.8, 4) is 22.9 Å². The molecule has 0 aliphatic heterocycles. The Labute approximate surface area is 183 Å². The van der Waals surface area contributed by atoms with Gasteiger partial charge in [-0.15, -0.1) is 11.1 Å². The molecule has 0 spiro atoms. The van der Waals surface area contributed by atoms with Gasteiger partial charge in [0, 0.05) is 23.0 Å². The molecule has 0 saturated carbocycles. The molecule has 29 heavy (non-hydrogen) atoms. The first-order chi connectivity index (χ1) is 13.5. The van der Waals surface area contributed by atoms with Crippen LogP contribution in [0.3, 0.4) is 0 Å². The average Bonchev–Trinajstić information content (AvgIpc) is 2.65. The third-order valence-electron chi connectivity index (χ3n) is 6.71. The van der Waals surface area contributed by atoms with Crippen molar-refractivity contribution in [2.45, 2.75) is 97.1 Å². The van der Waals surface area contributed by atoms with Crippen molar-refractivity contribution in [2.75, 3.05) is 0 Å². The van der Waals surface area contributed by atoms with Gasteiger partial charge in [0.05, 0.1) is 0 Å². The van der Waals surface area contributed by atoms with Gasteiger partial charge in [-0.05, 0) is 29.5 Å². The summed E-state index contributed by atoms with van der Waals surface area (Å²) in [6.07, 6.45) is 12.9.